The first kappa shape index (κ1) is 15.6. The molecule has 0 aliphatic heterocycles. The Hall–Kier alpha value is -1.43. The van der Waals surface area contributed by atoms with E-state index in [0.29, 0.717) is 16.5 Å². The van der Waals surface area contributed by atoms with Gasteiger partial charge in [0.05, 0.1) is 12.8 Å². The van der Waals surface area contributed by atoms with Crippen LogP contribution in [-0.2, 0) is 14.3 Å². The Morgan fingerprint density at radius 1 is 1.42 bits per heavy atom. The van der Waals surface area contributed by atoms with E-state index in [-0.39, 0.29) is 5.97 Å². The zero-order valence-electron chi connectivity index (χ0n) is 11.9. The minimum Gasteiger partial charge on any atom is -0.462 e. The molecule has 1 aromatic rings. The van der Waals surface area contributed by atoms with Crippen molar-refractivity contribution >= 4 is 23.3 Å². The fraction of sp³-hybridized carbons (Fsp3) is 0.615. The summed E-state index contributed by atoms with van der Waals surface area (Å²) in [4.78, 5) is 27.9. The van der Waals surface area contributed by atoms with Crippen molar-refractivity contribution in [2.45, 2.75) is 46.1 Å². The maximum absolute atomic E-state index is 11.9. The summed E-state index contributed by atoms with van der Waals surface area (Å²) in [6.45, 7) is 9.19. The van der Waals surface area contributed by atoms with Crippen LogP contribution in [0.4, 0.5) is 0 Å². The zero-order chi connectivity index (χ0) is 14.6. The van der Waals surface area contributed by atoms with Gasteiger partial charge in [0.15, 0.2) is 0 Å². The third-order valence-corrected chi connectivity index (χ3v) is 3.29. The molecule has 0 N–H and O–H groups in total. The monoisotopic (exact) mass is 285 g/mol. The first-order valence-electron chi connectivity index (χ1n) is 6.10. The Bertz CT molecular complexity index is 461. The highest BCUT2D eigenvalue weighted by molar-refractivity contribution is 7.13. The van der Waals surface area contributed by atoms with E-state index in [1.165, 1.54) is 6.20 Å². The van der Waals surface area contributed by atoms with Crippen LogP contribution in [0.3, 0.4) is 0 Å². The molecule has 106 valence electrons. The number of carbonyl (C=O) groups excluding carboxylic acids is 2. The van der Waals surface area contributed by atoms with Crippen molar-refractivity contribution in [2.75, 3.05) is 6.61 Å². The minimum atomic E-state index is -0.535. The van der Waals surface area contributed by atoms with Gasteiger partial charge < -0.3 is 9.47 Å². The molecule has 0 radical (unpaired) electrons. The maximum Gasteiger partial charge on any atom is 0.349 e. The van der Waals surface area contributed by atoms with E-state index in [1.54, 1.807) is 13.8 Å². The highest BCUT2D eigenvalue weighted by atomic mass is 32.1. The van der Waals surface area contributed by atoms with Gasteiger partial charge >= 0.3 is 11.9 Å². The van der Waals surface area contributed by atoms with Crippen molar-refractivity contribution in [3.8, 4) is 0 Å². The number of esters is 2. The number of rotatable bonds is 4. The van der Waals surface area contributed by atoms with Crippen LogP contribution in [0.2, 0.25) is 0 Å². The predicted molar refractivity (Wildman–Crippen MR) is 72.3 cm³/mol. The molecular weight excluding hydrogens is 266 g/mol. The lowest BCUT2D eigenvalue weighted by Crippen LogP contribution is -2.26. The Labute approximate surface area is 116 Å². The van der Waals surface area contributed by atoms with Crippen molar-refractivity contribution in [3.63, 3.8) is 0 Å². The lowest BCUT2D eigenvalue weighted by atomic mass is 10.1. The fourth-order valence-electron chi connectivity index (χ4n) is 1.28. The van der Waals surface area contributed by atoms with Gasteiger partial charge in [0.2, 0.25) is 0 Å². The van der Waals surface area contributed by atoms with Gasteiger partial charge in [-0.3, -0.25) is 4.79 Å². The van der Waals surface area contributed by atoms with Crippen LogP contribution in [0.5, 0.6) is 0 Å². The van der Waals surface area contributed by atoms with Crippen LogP contribution in [0.1, 0.15) is 55.2 Å². The van der Waals surface area contributed by atoms with E-state index in [4.69, 9.17) is 9.47 Å². The maximum atomic E-state index is 11.9. The number of hydrogen-bond donors (Lipinski definition) is 0. The van der Waals surface area contributed by atoms with Crippen LogP contribution >= 0.6 is 11.3 Å². The zero-order valence-corrected chi connectivity index (χ0v) is 12.7. The summed E-state index contributed by atoms with van der Waals surface area (Å²) in [5.74, 6) is -1.26. The molecule has 1 unspecified atom stereocenters. The van der Waals surface area contributed by atoms with Crippen LogP contribution in [0.25, 0.3) is 0 Å². The summed E-state index contributed by atoms with van der Waals surface area (Å²) in [7, 11) is 0. The van der Waals surface area contributed by atoms with E-state index >= 15 is 0 Å². The van der Waals surface area contributed by atoms with Crippen LogP contribution in [0.15, 0.2) is 6.20 Å². The van der Waals surface area contributed by atoms with E-state index in [0.717, 1.165) is 11.3 Å². The van der Waals surface area contributed by atoms with E-state index < -0.39 is 17.5 Å². The summed E-state index contributed by atoms with van der Waals surface area (Å²) < 4.78 is 10.2. The van der Waals surface area contributed by atoms with Gasteiger partial charge in [-0.25, -0.2) is 9.78 Å². The van der Waals surface area contributed by atoms with Crippen LogP contribution < -0.4 is 0 Å². The third-order valence-electron chi connectivity index (χ3n) is 2.13. The molecule has 6 heteroatoms. The van der Waals surface area contributed by atoms with Gasteiger partial charge in [-0.2, -0.15) is 0 Å². The molecule has 0 aromatic carbocycles. The molecule has 0 aliphatic carbocycles. The molecule has 0 aliphatic rings. The molecule has 1 atom stereocenters. The highest BCUT2D eigenvalue weighted by Gasteiger charge is 2.26. The average molecular weight is 285 g/mol. The number of ether oxygens (including phenoxy) is 2. The van der Waals surface area contributed by atoms with Crippen LogP contribution in [-0.4, -0.2) is 29.1 Å². The molecule has 1 aromatic heterocycles. The second-order valence-electron chi connectivity index (χ2n) is 5.04. The molecule has 0 saturated heterocycles. The fourth-order valence-corrected chi connectivity index (χ4v) is 2.13. The molecule has 0 amide bonds. The Kier molecular flexibility index (Phi) is 5.05. The van der Waals surface area contributed by atoms with E-state index in [1.807, 2.05) is 20.8 Å². The third kappa shape index (κ3) is 4.63. The van der Waals surface area contributed by atoms with Gasteiger partial charge in [-0.1, -0.05) is 0 Å². The number of carbonyl (C=O) groups is 2. The normalized spacial score (nSPS) is 12.9. The van der Waals surface area contributed by atoms with Gasteiger partial charge in [0, 0.05) is 0 Å². The van der Waals surface area contributed by atoms with Crippen LogP contribution in [0, 0.1) is 0 Å². The molecule has 5 nitrogen and oxygen atoms in total. The second-order valence-corrected chi connectivity index (χ2v) is 6.10. The number of thiazole rings is 1. The summed E-state index contributed by atoms with van der Waals surface area (Å²) in [6, 6.07) is 0. The summed E-state index contributed by atoms with van der Waals surface area (Å²) >= 11 is 1.16. The summed E-state index contributed by atoms with van der Waals surface area (Å²) in [5.41, 5.74) is -0.535. The van der Waals surface area contributed by atoms with Crippen molar-refractivity contribution < 1.29 is 19.1 Å². The second kappa shape index (κ2) is 6.14. The largest absolute Gasteiger partial charge is 0.462 e. The van der Waals surface area contributed by atoms with Crippen molar-refractivity contribution in [2.24, 2.45) is 0 Å². The Morgan fingerprint density at radius 3 is 2.58 bits per heavy atom. The topological polar surface area (TPSA) is 65.5 Å². The molecule has 0 bridgehead atoms. The summed E-state index contributed by atoms with van der Waals surface area (Å²) in [6.07, 6.45) is 1.43. The Morgan fingerprint density at radius 2 is 2.05 bits per heavy atom. The lowest BCUT2D eigenvalue weighted by molar-refractivity contribution is -0.156. The molecule has 1 rings (SSSR count). The van der Waals surface area contributed by atoms with Crippen molar-refractivity contribution in [1.82, 2.24) is 4.98 Å². The smallest absolute Gasteiger partial charge is 0.349 e. The van der Waals surface area contributed by atoms with Crippen molar-refractivity contribution in [3.05, 3.63) is 16.1 Å². The predicted octanol–water partition coefficient (Wildman–Crippen LogP) is 2.77. The number of nitrogens with zero attached hydrogens (tertiary/aromatic N) is 1. The van der Waals surface area contributed by atoms with Gasteiger partial charge in [0.25, 0.3) is 0 Å². The van der Waals surface area contributed by atoms with E-state index in [2.05, 4.69) is 4.98 Å². The first-order valence-corrected chi connectivity index (χ1v) is 6.92. The van der Waals surface area contributed by atoms with Gasteiger partial charge in [-0.05, 0) is 34.6 Å². The van der Waals surface area contributed by atoms with Crippen molar-refractivity contribution in [1.29, 1.82) is 0 Å². The lowest BCUT2D eigenvalue weighted by Gasteiger charge is -2.21. The molecule has 0 saturated carbocycles. The standard InChI is InChI=1S/C13H19NO4S/c1-6-17-12(16)9-7-14-10(19-9)8(2)11(15)18-13(3,4)5/h7-8H,6H2,1-5H3. The number of aromatic nitrogens is 1. The molecule has 0 spiro atoms. The summed E-state index contributed by atoms with van der Waals surface area (Å²) in [5, 5.41) is 0.553. The van der Waals surface area contributed by atoms with E-state index in [9.17, 15) is 9.59 Å². The van der Waals surface area contributed by atoms with Gasteiger partial charge in [0.1, 0.15) is 21.4 Å². The molecule has 1 heterocycles. The Balaban J connectivity index is 2.76. The molecule has 19 heavy (non-hydrogen) atoms. The average Bonchev–Trinajstić information content (AvgIpc) is 2.75. The minimum absolute atomic E-state index is 0.313. The molecule has 0 fully saturated rings. The van der Waals surface area contributed by atoms with Gasteiger partial charge in [-0.15, -0.1) is 11.3 Å². The highest BCUT2D eigenvalue weighted by Crippen LogP contribution is 2.25. The quantitative estimate of drug-likeness (QED) is 0.796. The molecular formula is C13H19NO4S. The first-order chi connectivity index (χ1) is 8.74. The number of hydrogen-bond acceptors (Lipinski definition) is 6. The SMILES string of the molecule is CCOC(=O)c1cnc(C(C)C(=O)OC(C)(C)C)s1.